The Morgan fingerprint density at radius 3 is 2.75 bits per heavy atom. The Morgan fingerprint density at radius 2 is 2.00 bits per heavy atom. The summed E-state index contributed by atoms with van der Waals surface area (Å²) < 4.78 is 5.59. The van der Waals surface area contributed by atoms with Crippen LogP contribution in [0.1, 0.15) is 40.0 Å². The maximum Gasteiger partial charge on any atom is 0.325 e. The molecule has 2 heterocycles. The number of fused-ring (bicyclic) bond motifs is 1. The van der Waals surface area contributed by atoms with E-state index in [0.717, 1.165) is 11.3 Å². The van der Waals surface area contributed by atoms with Gasteiger partial charge in [0.15, 0.2) is 0 Å². The average molecular weight is 385 g/mol. The minimum absolute atomic E-state index is 0.0379. The standard InChI is InChI=1S/C21H27N3O4/c1-14-10-20(2,3)13-21(11-14)18(26)24(19(27)22-21)12-17(25)23-8-9-28-16-7-5-4-6-15(16)23/h4-7,14H,8-13H2,1-3H3,(H,22,27). The van der Waals surface area contributed by atoms with Gasteiger partial charge in [0.1, 0.15) is 24.4 Å². The van der Waals surface area contributed by atoms with Crippen molar-refractivity contribution in [3.8, 4) is 5.75 Å². The summed E-state index contributed by atoms with van der Waals surface area (Å²) in [5.41, 5.74) is -0.251. The van der Waals surface area contributed by atoms with Crippen LogP contribution in [0.5, 0.6) is 5.75 Å². The summed E-state index contributed by atoms with van der Waals surface area (Å²) in [5.74, 6) is 0.417. The lowest BCUT2D eigenvalue weighted by Crippen LogP contribution is -2.54. The van der Waals surface area contributed by atoms with Gasteiger partial charge in [-0.05, 0) is 42.7 Å². The van der Waals surface area contributed by atoms with Gasteiger partial charge >= 0.3 is 6.03 Å². The van der Waals surface area contributed by atoms with Crippen LogP contribution in [0.15, 0.2) is 24.3 Å². The largest absolute Gasteiger partial charge is 0.490 e. The maximum atomic E-state index is 13.2. The molecule has 0 aromatic heterocycles. The van der Waals surface area contributed by atoms with E-state index in [0.29, 0.717) is 43.3 Å². The number of para-hydroxylation sites is 2. The van der Waals surface area contributed by atoms with Crippen LogP contribution in [-0.4, -0.2) is 48.0 Å². The minimum atomic E-state index is -0.887. The highest BCUT2D eigenvalue weighted by Crippen LogP contribution is 2.46. The predicted octanol–water partition coefficient (Wildman–Crippen LogP) is 2.55. The second kappa shape index (κ2) is 6.50. The van der Waals surface area contributed by atoms with Crippen LogP contribution in [0, 0.1) is 11.3 Å². The van der Waals surface area contributed by atoms with Gasteiger partial charge in [0.25, 0.3) is 5.91 Å². The van der Waals surface area contributed by atoms with Crippen molar-refractivity contribution in [3.05, 3.63) is 24.3 Å². The van der Waals surface area contributed by atoms with Gasteiger partial charge in [-0.15, -0.1) is 0 Å². The van der Waals surface area contributed by atoms with Crippen LogP contribution in [0.2, 0.25) is 0 Å². The van der Waals surface area contributed by atoms with Crippen molar-refractivity contribution in [2.45, 2.75) is 45.6 Å². The summed E-state index contributed by atoms with van der Waals surface area (Å²) in [6, 6.07) is 6.83. The number of imide groups is 1. The van der Waals surface area contributed by atoms with Crippen molar-refractivity contribution in [2.24, 2.45) is 11.3 Å². The molecule has 1 N–H and O–H groups in total. The average Bonchev–Trinajstić information content (AvgIpc) is 2.82. The highest BCUT2D eigenvalue weighted by atomic mass is 16.5. The van der Waals surface area contributed by atoms with Gasteiger partial charge in [-0.3, -0.25) is 14.5 Å². The number of anilines is 1. The molecule has 2 atom stereocenters. The van der Waals surface area contributed by atoms with E-state index >= 15 is 0 Å². The number of carbonyl (C=O) groups excluding carboxylic acids is 3. The number of ether oxygens (including phenoxy) is 1. The number of nitrogens with zero attached hydrogens (tertiary/aromatic N) is 2. The number of benzene rings is 1. The number of hydrogen-bond acceptors (Lipinski definition) is 4. The summed E-state index contributed by atoms with van der Waals surface area (Å²) in [5, 5.41) is 2.92. The monoisotopic (exact) mass is 385 g/mol. The normalized spacial score (nSPS) is 28.8. The number of rotatable bonds is 2. The molecular formula is C21H27N3O4. The lowest BCUT2D eigenvalue weighted by Gasteiger charge is -2.43. The SMILES string of the molecule is CC1CC(C)(C)CC2(C1)NC(=O)N(CC(=O)N1CCOc3ccccc31)C2=O. The molecule has 0 radical (unpaired) electrons. The fourth-order valence-electron chi connectivity index (χ4n) is 5.30. The van der Waals surface area contributed by atoms with Gasteiger partial charge in [-0.2, -0.15) is 0 Å². The Bertz CT molecular complexity index is 837. The maximum absolute atomic E-state index is 13.2. The van der Waals surface area contributed by atoms with Gasteiger partial charge in [0.2, 0.25) is 5.91 Å². The molecule has 2 unspecified atom stereocenters. The zero-order valence-electron chi connectivity index (χ0n) is 16.7. The van der Waals surface area contributed by atoms with Crippen LogP contribution in [-0.2, 0) is 9.59 Å². The lowest BCUT2D eigenvalue weighted by atomic mass is 9.64. The number of hydrogen-bond donors (Lipinski definition) is 1. The molecule has 28 heavy (non-hydrogen) atoms. The Labute approximate surface area is 165 Å². The Hall–Kier alpha value is -2.57. The lowest BCUT2D eigenvalue weighted by molar-refractivity contribution is -0.137. The topological polar surface area (TPSA) is 79.0 Å². The molecule has 1 aromatic carbocycles. The van der Waals surface area contributed by atoms with Crippen molar-refractivity contribution < 1.29 is 19.1 Å². The van der Waals surface area contributed by atoms with Crippen LogP contribution in [0.4, 0.5) is 10.5 Å². The third-order valence-corrected chi connectivity index (χ3v) is 5.95. The fourth-order valence-corrected chi connectivity index (χ4v) is 5.30. The molecule has 0 bridgehead atoms. The van der Waals surface area contributed by atoms with Gasteiger partial charge in [-0.1, -0.05) is 32.9 Å². The molecule has 7 nitrogen and oxygen atoms in total. The van der Waals surface area contributed by atoms with E-state index in [9.17, 15) is 14.4 Å². The van der Waals surface area contributed by atoms with Crippen molar-refractivity contribution in [1.29, 1.82) is 0 Å². The van der Waals surface area contributed by atoms with Crippen LogP contribution in [0.3, 0.4) is 0 Å². The quantitative estimate of drug-likeness (QED) is 0.794. The molecule has 2 aliphatic heterocycles. The molecule has 1 aliphatic carbocycles. The second-order valence-corrected chi connectivity index (χ2v) is 9.12. The first-order valence-corrected chi connectivity index (χ1v) is 9.87. The van der Waals surface area contributed by atoms with E-state index in [1.807, 2.05) is 24.3 Å². The van der Waals surface area contributed by atoms with Crippen molar-refractivity contribution in [1.82, 2.24) is 10.2 Å². The molecule has 1 saturated heterocycles. The highest BCUT2D eigenvalue weighted by Gasteiger charge is 2.56. The minimum Gasteiger partial charge on any atom is -0.490 e. The van der Waals surface area contributed by atoms with Crippen molar-refractivity contribution in [2.75, 3.05) is 24.6 Å². The zero-order valence-corrected chi connectivity index (χ0v) is 16.7. The summed E-state index contributed by atoms with van der Waals surface area (Å²) in [6.07, 6.45) is 2.23. The number of urea groups is 1. The molecule has 4 amide bonds. The molecule has 150 valence electrons. The molecule has 1 aromatic rings. The number of nitrogens with one attached hydrogen (secondary N) is 1. The first-order chi connectivity index (χ1) is 13.2. The molecule has 3 aliphatic rings. The summed E-state index contributed by atoms with van der Waals surface area (Å²) in [6.45, 7) is 6.90. The second-order valence-electron chi connectivity index (χ2n) is 9.12. The van der Waals surface area contributed by atoms with E-state index in [2.05, 4.69) is 26.1 Å². The van der Waals surface area contributed by atoms with Gasteiger partial charge in [0.05, 0.1) is 12.2 Å². The number of carbonyl (C=O) groups is 3. The predicted molar refractivity (Wildman–Crippen MR) is 104 cm³/mol. The summed E-state index contributed by atoms with van der Waals surface area (Å²) >= 11 is 0. The first kappa shape index (κ1) is 18.8. The van der Waals surface area contributed by atoms with Gasteiger partial charge in [-0.25, -0.2) is 4.79 Å². The Morgan fingerprint density at radius 1 is 1.25 bits per heavy atom. The number of amides is 4. The van der Waals surface area contributed by atoms with Crippen LogP contribution in [0.25, 0.3) is 0 Å². The van der Waals surface area contributed by atoms with E-state index < -0.39 is 11.6 Å². The first-order valence-electron chi connectivity index (χ1n) is 9.87. The van der Waals surface area contributed by atoms with Crippen LogP contribution >= 0.6 is 0 Å². The molecular weight excluding hydrogens is 358 g/mol. The van der Waals surface area contributed by atoms with Crippen molar-refractivity contribution in [3.63, 3.8) is 0 Å². The van der Waals surface area contributed by atoms with E-state index in [4.69, 9.17) is 4.74 Å². The third-order valence-electron chi connectivity index (χ3n) is 5.95. The van der Waals surface area contributed by atoms with Crippen LogP contribution < -0.4 is 15.0 Å². The molecule has 2 fully saturated rings. The third kappa shape index (κ3) is 3.12. The van der Waals surface area contributed by atoms with E-state index in [1.165, 1.54) is 0 Å². The molecule has 1 saturated carbocycles. The fraction of sp³-hybridized carbons (Fsp3) is 0.571. The Balaban J connectivity index is 1.54. The summed E-state index contributed by atoms with van der Waals surface area (Å²) in [4.78, 5) is 41.5. The smallest absolute Gasteiger partial charge is 0.325 e. The van der Waals surface area contributed by atoms with Gasteiger partial charge < -0.3 is 15.0 Å². The zero-order chi connectivity index (χ0) is 20.1. The molecule has 1 spiro atoms. The van der Waals surface area contributed by atoms with E-state index in [1.54, 1.807) is 4.90 Å². The van der Waals surface area contributed by atoms with E-state index in [-0.39, 0.29) is 23.8 Å². The van der Waals surface area contributed by atoms with Crippen molar-refractivity contribution >= 4 is 23.5 Å². The molecule has 4 rings (SSSR count). The van der Waals surface area contributed by atoms with Gasteiger partial charge in [0, 0.05) is 0 Å². The Kier molecular flexibility index (Phi) is 4.36. The summed E-state index contributed by atoms with van der Waals surface area (Å²) in [7, 11) is 0. The molecule has 7 heteroatoms. The highest BCUT2D eigenvalue weighted by molar-refractivity contribution is 6.10.